The van der Waals surface area contributed by atoms with E-state index in [2.05, 4.69) is 15.3 Å². The van der Waals surface area contributed by atoms with Crippen LogP contribution in [0.2, 0.25) is 0 Å². The summed E-state index contributed by atoms with van der Waals surface area (Å²) >= 11 is 0. The molecule has 0 amide bonds. The Labute approximate surface area is 103 Å². The van der Waals surface area contributed by atoms with Crippen molar-refractivity contribution in [3.05, 3.63) is 17.6 Å². The van der Waals surface area contributed by atoms with Crippen molar-refractivity contribution in [3.8, 4) is 5.88 Å². The number of aryl methyl sites for hydroxylation is 2. The maximum Gasteiger partial charge on any atom is 0.216 e. The Hall–Kier alpha value is -1.16. The quantitative estimate of drug-likeness (QED) is 0.867. The van der Waals surface area contributed by atoms with Crippen LogP contribution in [0.15, 0.2) is 6.07 Å². The van der Waals surface area contributed by atoms with Gasteiger partial charge in [0.2, 0.25) is 5.88 Å². The van der Waals surface area contributed by atoms with E-state index in [1.165, 1.54) is 19.3 Å². The van der Waals surface area contributed by atoms with Crippen LogP contribution in [0, 0.1) is 13.8 Å². The van der Waals surface area contributed by atoms with Gasteiger partial charge in [-0.15, -0.1) is 0 Å². The topological polar surface area (TPSA) is 47.0 Å². The first kappa shape index (κ1) is 12.3. The fourth-order valence-electron chi connectivity index (χ4n) is 2.23. The van der Waals surface area contributed by atoms with E-state index < -0.39 is 0 Å². The third kappa shape index (κ3) is 3.97. The van der Waals surface area contributed by atoms with Crippen LogP contribution in [0.25, 0.3) is 0 Å². The van der Waals surface area contributed by atoms with Crippen molar-refractivity contribution in [2.24, 2.45) is 0 Å². The molecule has 1 aliphatic heterocycles. The van der Waals surface area contributed by atoms with Crippen molar-refractivity contribution in [1.82, 2.24) is 15.3 Å². The number of rotatable bonds is 4. The van der Waals surface area contributed by atoms with E-state index in [-0.39, 0.29) is 0 Å². The van der Waals surface area contributed by atoms with Gasteiger partial charge >= 0.3 is 0 Å². The molecule has 1 aliphatic rings. The standard InChI is InChI=1S/C13H21N3O/c1-10-9-13(16-11(2)15-10)17-8-6-12-5-3-4-7-14-12/h9,12,14H,3-8H2,1-2H3. The predicted molar refractivity (Wildman–Crippen MR) is 67.3 cm³/mol. The van der Waals surface area contributed by atoms with Crippen LogP contribution in [-0.4, -0.2) is 29.2 Å². The zero-order valence-electron chi connectivity index (χ0n) is 10.7. The van der Waals surface area contributed by atoms with Gasteiger partial charge in [0.05, 0.1) is 6.61 Å². The zero-order chi connectivity index (χ0) is 12.1. The second kappa shape index (κ2) is 5.96. The molecule has 1 atom stereocenters. The largest absolute Gasteiger partial charge is 0.478 e. The van der Waals surface area contributed by atoms with Crippen molar-refractivity contribution < 1.29 is 4.74 Å². The molecule has 1 N–H and O–H groups in total. The average Bonchev–Trinajstić information content (AvgIpc) is 2.29. The summed E-state index contributed by atoms with van der Waals surface area (Å²) in [6.45, 7) is 5.73. The smallest absolute Gasteiger partial charge is 0.216 e. The summed E-state index contributed by atoms with van der Waals surface area (Å²) in [5.74, 6) is 1.47. The number of piperidine rings is 1. The van der Waals surface area contributed by atoms with Crippen LogP contribution in [0.1, 0.15) is 37.2 Å². The van der Waals surface area contributed by atoms with Gasteiger partial charge in [-0.2, -0.15) is 4.98 Å². The summed E-state index contributed by atoms with van der Waals surface area (Å²) in [6, 6.07) is 2.51. The minimum absolute atomic E-state index is 0.618. The monoisotopic (exact) mass is 235 g/mol. The van der Waals surface area contributed by atoms with Crippen LogP contribution in [0.3, 0.4) is 0 Å². The minimum Gasteiger partial charge on any atom is -0.478 e. The predicted octanol–water partition coefficient (Wildman–Crippen LogP) is 2.00. The van der Waals surface area contributed by atoms with Gasteiger partial charge in [0.25, 0.3) is 0 Å². The molecule has 1 aromatic heterocycles. The Morgan fingerprint density at radius 1 is 1.35 bits per heavy atom. The molecule has 0 spiro atoms. The lowest BCUT2D eigenvalue weighted by Gasteiger charge is -2.23. The van der Waals surface area contributed by atoms with Crippen LogP contribution < -0.4 is 10.1 Å². The number of hydrogen-bond donors (Lipinski definition) is 1. The zero-order valence-corrected chi connectivity index (χ0v) is 10.7. The summed E-state index contributed by atoms with van der Waals surface area (Å²) in [5.41, 5.74) is 0.961. The number of nitrogens with one attached hydrogen (secondary N) is 1. The van der Waals surface area contributed by atoms with Crippen LogP contribution in [-0.2, 0) is 0 Å². The lowest BCUT2D eigenvalue weighted by Crippen LogP contribution is -2.35. The molecule has 1 saturated heterocycles. The molecule has 0 aromatic carbocycles. The normalized spacial score (nSPS) is 20.2. The van der Waals surface area contributed by atoms with Gasteiger partial charge < -0.3 is 10.1 Å². The highest BCUT2D eigenvalue weighted by Gasteiger charge is 2.12. The molecular formula is C13H21N3O. The molecule has 17 heavy (non-hydrogen) atoms. The molecule has 1 fully saturated rings. The van der Waals surface area contributed by atoms with Crippen molar-refractivity contribution in [1.29, 1.82) is 0 Å². The Balaban J connectivity index is 1.77. The molecule has 0 bridgehead atoms. The van der Waals surface area contributed by atoms with E-state index in [1.54, 1.807) is 0 Å². The van der Waals surface area contributed by atoms with Gasteiger partial charge in [0, 0.05) is 17.8 Å². The summed E-state index contributed by atoms with van der Waals surface area (Å²) in [7, 11) is 0. The van der Waals surface area contributed by atoms with Crippen molar-refractivity contribution >= 4 is 0 Å². The third-order valence-electron chi connectivity index (χ3n) is 3.07. The maximum absolute atomic E-state index is 5.68. The lowest BCUT2D eigenvalue weighted by atomic mass is 10.0. The van der Waals surface area contributed by atoms with E-state index in [0.717, 1.165) is 31.1 Å². The summed E-state index contributed by atoms with van der Waals surface area (Å²) in [4.78, 5) is 8.49. The SMILES string of the molecule is Cc1cc(OCCC2CCCCN2)nc(C)n1. The molecule has 2 heterocycles. The fourth-order valence-corrected chi connectivity index (χ4v) is 2.23. The van der Waals surface area contributed by atoms with Crippen LogP contribution >= 0.6 is 0 Å². The van der Waals surface area contributed by atoms with Crippen molar-refractivity contribution in [3.63, 3.8) is 0 Å². The van der Waals surface area contributed by atoms with Gasteiger partial charge in [-0.05, 0) is 39.7 Å². The van der Waals surface area contributed by atoms with Gasteiger partial charge in [0.15, 0.2) is 0 Å². The molecule has 4 nitrogen and oxygen atoms in total. The summed E-state index contributed by atoms with van der Waals surface area (Å²) in [5, 5.41) is 3.52. The highest BCUT2D eigenvalue weighted by Crippen LogP contribution is 2.12. The van der Waals surface area contributed by atoms with Crippen molar-refractivity contribution in [2.45, 2.75) is 45.6 Å². The second-order valence-corrected chi connectivity index (χ2v) is 4.68. The molecule has 4 heteroatoms. The summed E-state index contributed by atoms with van der Waals surface area (Å²) < 4.78 is 5.68. The van der Waals surface area contributed by atoms with Gasteiger partial charge in [-0.3, -0.25) is 0 Å². The van der Waals surface area contributed by atoms with E-state index in [9.17, 15) is 0 Å². The number of aromatic nitrogens is 2. The molecule has 0 aliphatic carbocycles. The number of hydrogen-bond acceptors (Lipinski definition) is 4. The summed E-state index contributed by atoms with van der Waals surface area (Å²) in [6.07, 6.45) is 4.97. The second-order valence-electron chi connectivity index (χ2n) is 4.68. The number of nitrogens with zero attached hydrogens (tertiary/aromatic N) is 2. The maximum atomic E-state index is 5.68. The van der Waals surface area contributed by atoms with Gasteiger partial charge in [-0.25, -0.2) is 4.98 Å². The third-order valence-corrected chi connectivity index (χ3v) is 3.07. The lowest BCUT2D eigenvalue weighted by molar-refractivity contribution is 0.259. The Kier molecular flexibility index (Phi) is 4.31. The first-order chi connectivity index (χ1) is 8.24. The molecule has 1 aromatic rings. The molecular weight excluding hydrogens is 214 g/mol. The molecule has 2 rings (SSSR count). The highest BCUT2D eigenvalue weighted by molar-refractivity contribution is 5.14. The van der Waals surface area contributed by atoms with Gasteiger partial charge in [-0.1, -0.05) is 6.42 Å². The first-order valence-electron chi connectivity index (χ1n) is 6.42. The van der Waals surface area contributed by atoms with Gasteiger partial charge in [0.1, 0.15) is 5.82 Å². The molecule has 0 saturated carbocycles. The van der Waals surface area contributed by atoms with E-state index in [0.29, 0.717) is 11.9 Å². The number of ether oxygens (including phenoxy) is 1. The fraction of sp³-hybridized carbons (Fsp3) is 0.692. The molecule has 94 valence electrons. The van der Waals surface area contributed by atoms with E-state index in [4.69, 9.17) is 4.74 Å². The average molecular weight is 235 g/mol. The van der Waals surface area contributed by atoms with Crippen molar-refractivity contribution in [2.75, 3.05) is 13.2 Å². The Morgan fingerprint density at radius 2 is 2.24 bits per heavy atom. The van der Waals surface area contributed by atoms with Crippen LogP contribution in [0.5, 0.6) is 5.88 Å². The van der Waals surface area contributed by atoms with Crippen LogP contribution in [0.4, 0.5) is 0 Å². The van der Waals surface area contributed by atoms with E-state index >= 15 is 0 Å². The molecule has 0 radical (unpaired) electrons. The Bertz CT molecular complexity index is 341. The van der Waals surface area contributed by atoms with E-state index in [1.807, 2.05) is 19.9 Å². The Morgan fingerprint density at radius 3 is 2.94 bits per heavy atom. The highest BCUT2D eigenvalue weighted by atomic mass is 16.5. The molecule has 1 unspecified atom stereocenters. The first-order valence-corrected chi connectivity index (χ1v) is 6.42. The minimum atomic E-state index is 0.618.